The van der Waals surface area contributed by atoms with E-state index in [4.69, 9.17) is 5.73 Å². The van der Waals surface area contributed by atoms with E-state index in [1.165, 1.54) is 0 Å². The zero-order valence-corrected chi connectivity index (χ0v) is 14.9. The summed E-state index contributed by atoms with van der Waals surface area (Å²) in [5.74, 6) is -0.387. The van der Waals surface area contributed by atoms with E-state index < -0.39 is 0 Å². The minimum atomic E-state index is -0.250. The van der Waals surface area contributed by atoms with Crippen molar-refractivity contribution in [1.29, 1.82) is 0 Å². The quantitative estimate of drug-likeness (QED) is 0.705. The SMILES string of the molecule is Cc1nn(C)c(C)c1CCC(=O)Nc1ccccc1C(=O)NCCN. The Morgan fingerprint density at radius 2 is 1.96 bits per heavy atom. The Balaban J connectivity index is 2.02. The van der Waals surface area contributed by atoms with Gasteiger partial charge in [0.1, 0.15) is 0 Å². The van der Waals surface area contributed by atoms with Crippen LogP contribution in [0.4, 0.5) is 5.69 Å². The Labute approximate surface area is 147 Å². The summed E-state index contributed by atoms with van der Waals surface area (Å²) in [6, 6.07) is 6.94. The number of benzene rings is 1. The van der Waals surface area contributed by atoms with Crippen LogP contribution in [0.2, 0.25) is 0 Å². The molecule has 0 aliphatic carbocycles. The first kappa shape index (κ1) is 18.7. The molecular formula is C18H25N5O2. The number of nitrogens with one attached hydrogen (secondary N) is 2. The van der Waals surface area contributed by atoms with Crippen LogP contribution in [0.15, 0.2) is 24.3 Å². The van der Waals surface area contributed by atoms with Crippen molar-refractivity contribution < 1.29 is 9.59 Å². The van der Waals surface area contributed by atoms with Crippen LogP contribution >= 0.6 is 0 Å². The highest BCUT2D eigenvalue weighted by Gasteiger charge is 2.14. The summed E-state index contributed by atoms with van der Waals surface area (Å²) in [5.41, 5.74) is 9.42. The molecule has 0 aliphatic heterocycles. The highest BCUT2D eigenvalue weighted by molar-refractivity contribution is 6.03. The predicted molar refractivity (Wildman–Crippen MR) is 97.5 cm³/mol. The highest BCUT2D eigenvalue weighted by atomic mass is 16.2. The highest BCUT2D eigenvalue weighted by Crippen LogP contribution is 2.17. The van der Waals surface area contributed by atoms with E-state index in [1.54, 1.807) is 24.3 Å². The number of aryl methyl sites for hydroxylation is 2. The van der Waals surface area contributed by atoms with Crippen molar-refractivity contribution in [3.05, 3.63) is 46.8 Å². The number of hydrogen-bond donors (Lipinski definition) is 3. The summed E-state index contributed by atoms with van der Waals surface area (Å²) in [7, 11) is 1.89. The molecule has 25 heavy (non-hydrogen) atoms. The van der Waals surface area contributed by atoms with Crippen LogP contribution in [0.1, 0.15) is 33.7 Å². The van der Waals surface area contributed by atoms with Gasteiger partial charge in [-0.25, -0.2) is 0 Å². The van der Waals surface area contributed by atoms with Gasteiger partial charge in [-0.2, -0.15) is 5.10 Å². The van der Waals surface area contributed by atoms with Gasteiger partial charge in [0.2, 0.25) is 5.91 Å². The van der Waals surface area contributed by atoms with Crippen molar-refractivity contribution in [3.8, 4) is 0 Å². The van der Waals surface area contributed by atoms with E-state index in [0.717, 1.165) is 17.0 Å². The molecule has 7 nitrogen and oxygen atoms in total. The van der Waals surface area contributed by atoms with Gasteiger partial charge in [-0.1, -0.05) is 12.1 Å². The molecular weight excluding hydrogens is 318 g/mol. The minimum absolute atomic E-state index is 0.137. The third-order valence-corrected chi connectivity index (χ3v) is 4.14. The van der Waals surface area contributed by atoms with Crippen molar-refractivity contribution in [1.82, 2.24) is 15.1 Å². The first-order valence-corrected chi connectivity index (χ1v) is 8.30. The van der Waals surface area contributed by atoms with E-state index in [1.807, 2.05) is 25.6 Å². The fraction of sp³-hybridized carbons (Fsp3) is 0.389. The zero-order chi connectivity index (χ0) is 18.4. The molecule has 0 radical (unpaired) electrons. The van der Waals surface area contributed by atoms with Crippen molar-refractivity contribution in [2.45, 2.75) is 26.7 Å². The van der Waals surface area contributed by atoms with Crippen LogP contribution in [0.3, 0.4) is 0 Å². The Hall–Kier alpha value is -2.67. The van der Waals surface area contributed by atoms with Gasteiger partial charge in [-0.15, -0.1) is 0 Å². The van der Waals surface area contributed by atoms with Crippen LogP contribution in [-0.2, 0) is 18.3 Å². The first-order valence-electron chi connectivity index (χ1n) is 8.30. The topological polar surface area (TPSA) is 102 Å². The normalized spacial score (nSPS) is 10.6. The maximum Gasteiger partial charge on any atom is 0.253 e. The van der Waals surface area contributed by atoms with Crippen LogP contribution in [0.25, 0.3) is 0 Å². The lowest BCUT2D eigenvalue weighted by molar-refractivity contribution is -0.116. The van der Waals surface area contributed by atoms with E-state index >= 15 is 0 Å². The smallest absolute Gasteiger partial charge is 0.253 e. The number of anilines is 1. The number of carbonyl (C=O) groups excluding carboxylic acids is 2. The molecule has 134 valence electrons. The summed E-state index contributed by atoms with van der Waals surface area (Å²) in [6.07, 6.45) is 0.936. The Morgan fingerprint density at radius 3 is 2.60 bits per heavy atom. The van der Waals surface area contributed by atoms with Gasteiger partial charge in [0.05, 0.1) is 16.9 Å². The molecule has 7 heteroatoms. The van der Waals surface area contributed by atoms with Crippen LogP contribution in [0.5, 0.6) is 0 Å². The van der Waals surface area contributed by atoms with E-state index in [0.29, 0.717) is 37.2 Å². The summed E-state index contributed by atoms with van der Waals surface area (Å²) < 4.78 is 1.82. The van der Waals surface area contributed by atoms with Gasteiger partial charge in [-0.3, -0.25) is 14.3 Å². The lowest BCUT2D eigenvalue weighted by atomic mass is 10.1. The van der Waals surface area contributed by atoms with Gasteiger partial charge < -0.3 is 16.4 Å². The minimum Gasteiger partial charge on any atom is -0.351 e. The fourth-order valence-corrected chi connectivity index (χ4v) is 2.70. The number of hydrogen-bond acceptors (Lipinski definition) is 4. The number of rotatable bonds is 7. The molecule has 2 amide bonds. The number of nitrogens with two attached hydrogens (primary N) is 1. The summed E-state index contributed by atoms with van der Waals surface area (Å²) in [4.78, 5) is 24.5. The maximum absolute atomic E-state index is 12.3. The maximum atomic E-state index is 12.3. The number of aromatic nitrogens is 2. The Kier molecular flexibility index (Phi) is 6.30. The molecule has 0 saturated heterocycles. The molecule has 2 aromatic rings. The molecule has 0 fully saturated rings. The zero-order valence-electron chi connectivity index (χ0n) is 14.9. The molecule has 1 heterocycles. The summed E-state index contributed by atoms with van der Waals surface area (Å²) >= 11 is 0. The number of carbonyl (C=O) groups is 2. The Bertz CT molecular complexity index is 767. The number of para-hydroxylation sites is 1. The van der Waals surface area contributed by atoms with E-state index in [9.17, 15) is 9.59 Å². The molecule has 0 atom stereocenters. The van der Waals surface area contributed by atoms with E-state index in [-0.39, 0.29) is 11.8 Å². The molecule has 1 aromatic carbocycles. The van der Waals surface area contributed by atoms with Gasteiger partial charge in [0, 0.05) is 32.3 Å². The van der Waals surface area contributed by atoms with Crippen molar-refractivity contribution >= 4 is 17.5 Å². The lowest BCUT2D eigenvalue weighted by Gasteiger charge is -2.11. The number of amides is 2. The van der Waals surface area contributed by atoms with Crippen LogP contribution in [0, 0.1) is 13.8 Å². The third-order valence-electron chi connectivity index (χ3n) is 4.14. The van der Waals surface area contributed by atoms with Gasteiger partial charge in [-0.05, 0) is 38.0 Å². The molecule has 0 bridgehead atoms. The lowest BCUT2D eigenvalue weighted by Crippen LogP contribution is -2.30. The molecule has 0 aliphatic rings. The molecule has 0 spiro atoms. The number of nitrogens with zero attached hydrogens (tertiary/aromatic N) is 2. The largest absolute Gasteiger partial charge is 0.351 e. The van der Waals surface area contributed by atoms with Gasteiger partial charge >= 0.3 is 0 Å². The molecule has 0 saturated carbocycles. The van der Waals surface area contributed by atoms with Crippen molar-refractivity contribution in [2.24, 2.45) is 12.8 Å². The molecule has 2 rings (SSSR count). The third kappa shape index (κ3) is 4.67. The average Bonchev–Trinajstić information content (AvgIpc) is 2.83. The predicted octanol–water partition coefficient (Wildman–Crippen LogP) is 1.30. The fourth-order valence-electron chi connectivity index (χ4n) is 2.70. The molecule has 0 unspecified atom stereocenters. The van der Waals surface area contributed by atoms with Crippen LogP contribution < -0.4 is 16.4 Å². The van der Waals surface area contributed by atoms with Gasteiger partial charge in [0.15, 0.2) is 0 Å². The standard InChI is InChI=1S/C18H25N5O2/c1-12-14(13(2)23(3)22-12)8-9-17(24)21-16-7-5-4-6-15(16)18(25)20-11-10-19/h4-7H,8-11,19H2,1-3H3,(H,20,25)(H,21,24). The summed E-state index contributed by atoms with van der Waals surface area (Å²) in [6.45, 7) is 4.69. The Morgan fingerprint density at radius 1 is 1.24 bits per heavy atom. The second-order valence-electron chi connectivity index (χ2n) is 5.91. The monoisotopic (exact) mass is 343 g/mol. The van der Waals surface area contributed by atoms with Crippen molar-refractivity contribution in [2.75, 3.05) is 18.4 Å². The second kappa shape index (κ2) is 8.43. The molecule has 1 aromatic heterocycles. The molecule has 4 N–H and O–H groups in total. The van der Waals surface area contributed by atoms with Gasteiger partial charge in [0.25, 0.3) is 5.91 Å². The van der Waals surface area contributed by atoms with Crippen LogP contribution in [-0.4, -0.2) is 34.7 Å². The second-order valence-corrected chi connectivity index (χ2v) is 5.91. The first-order chi connectivity index (χ1) is 11.9. The van der Waals surface area contributed by atoms with Crippen molar-refractivity contribution in [3.63, 3.8) is 0 Å². The summed E-state index contributed by atoms with van der Waals surface area (Å²) in [5, 5.41) is 9.90. The average molecular weight is 343 g/mol. The van der Waals surface area contributed by atoms with E-state index in [2.05, 4.69) is 15.7 Å².